The number of allylic oxidation sites excluding steroid dienone is 3. The van der Waals surface area contributed by atoms with Gasteiger partial charge in [0, 0.05) is 29.1 Å². The third-order valence-electron chi connectivity index (χ3n) is 4.51. The summed E-state index contributed by atoms with van der Waals surface area (Å²) in [6, 6.07) is 4.51. The van der Waals surface area contributed by atoms with Gasteiger partial charge in [-0.25, -0.2) is 0 Å². The molecule has 4 nitrogen and oxygen atoms in total. The number of hydrogen-bond donors (Lipinski definition) is 2. The van der Waals surface area contributed by atoms with E-state index in [2.05, 4.69) is 10.3 Å². The van der Waals surface area contributed by atoms with E-state index in [0.29, 0.717) is 33.3 Å². The van der Waals surface area contributed by atoms with Crippen molar-refractivity contribution in [1.82, 2.24) is 5.32 Å². The van der Waals surface area contributed by atoms with E-state index in [4.69, 9.17) is 23.2 Å². The molecule has 0 spiro atoms. The zero-order valence-electron chi connectivity index (χ0n) is 16.4. The molecule has 1 unspecified atom stereocenters. The molecule has 1 aromatic rings. The first-order chi connectivity index (χ1) is 13.4. The Morgan fingerprint density at radius 3 is 2.64 bits per heavy atom. The van der Waals surface area contributed by atoms with Gasteiger partial charge in [0.1, 0.15) is 11.5 Å². The van der Waals surface area contributed by atoms with E-state index < -0.39 is 6.04 Å². The molecule has 1 amide bonds. The zero-order valence-corrected chi connectivity index (χ0v) is 17.9. The molecule has 1 aromatic carbocycles. The highest BCUT2D eigenvalue weighted by atomic mass is 35.5. The van der Waals surface area contributed by atoms with Gasteiger partial charge in [-0.2, -0.15) is 0 Å². The number of unbranched alkanes of at least 4 members (excludes halogenated alkanes) is 1. The van der Waals surface area contributed by atoms with E-state index in [9.17, 15) is 9.90 Å². The monoisotopic (exact) mass is 420 g/mol. The van der Waals surface area contributed by atoms with Crippen molar-refractivity contribution in [3.63, 3.8) is 0 Å². The molecule has 0 fully saturated rings. The molecule has 0 radical (unpaired) electrons. The van der Waals surface area contributed by atoms with Gasteiger partial charge < -0.3 is 10.4 Å². The summed E-state index contributed by atoms with van der Waals surface area (Å²) < 4.78 is 0. The zero-order chi connectivity index (χ0) is 20.7. The van der Waals surface area contributed by atoms with Crippen molar-refractivity contribution >= 4 is 34.8 Å². The SMILES string of the molecule is CC/C=C1/C=CC(C(NC(=O)CCCC)c2ccc(Cl)cc2Cl)=C(O)C1=NC. The molecular weight excluding hydrogens is 395 g/mol. The number of nitrogens with one attached hydrogen (secondary N) is 1. The van der Waals surface area contributed by atoms with Crippen LogP contribution in [0.25, 0.3) is 0 Å². The van der Waals surface area contributed by atoms with Crippen molar-refractivity contribution in [1.29, 1.82) is 0 Å². The number of hydrogen-bond acceptors (Lipinski definition) is 3. The summed E-state index contributed by atoms with van der Waals surface area (Å²) >= 11 is 12.5. The number of amides is 1. The fourth-order valence-corrected chi connectivity index (χ4v) is 3.61. The molecule has 1 aliphatic carbocycles. The van der Waals surface area contributed by atoms with Gasteiger partial charge in [0.15, 0.2) is 0 Å². The Morgan fingerprint density at radius 1 is 1.29 bits per heavy atom. The van der Waals surface area contributed by atoms with E-state index in [1.807, 2.05) is 26.0 Å². The maximum absolute atomic E-state index is 12.5. The maximum atomic E-state index is 12.5. The fourth-order valence-electron chi connectivity index (χ4n) is 3.09. The van der Waals surface area contributed by atoms with Crippen molar-refractivity contribution in [2.24, 2.45) is 4.99 Å². The van der Waals surface area contributed by atoms with Crippen molar-refractivity contribution in [2.45, 2.75) is 45.6 Å². The molecule has 0 saturated heterocycles. The van der Waals surface area contributed by atoms with Gasteiger partial charge in [-0.3, -0.25) is 9.79 Å². The van der Waals surface area contributed by atoms with Gasteiger partial charge >= 0.3 is 0 Å². The minimum absolute atomic E-state index is 0.0384. The lowest BCUT2D eigenvalue weighted by molar-refractivity contribution is -0.121. The average molecular weight is 421 g/mol. The third-order valence-corrected chi connectivity index (χ3v) is 5.07. The summed E-state index contributed by atoms with van der Waals surface area (Å²) in [5.74, 6) is -0.0621. The Hall–Kier alpha value is -2.04. The first-order valence-electron chi connectivity index (χ1n) is 9.46. The van der Waals surface area contributed by atoms with Crippen LogP contribution in [0.2, 0.25) is 10.0 Å². The van der Waals surface area contributed by atoms with Crippen LogP contribution in [-0.2, 0) is 4.79 Å². The second-order valence-corrected chi connectivity index (χ2v) is 7.39. The first-order valence-corrected chi connectivity index (χ1v) is 10.2. The highest BCUT2D eigenvalue weighted by molar-refractivity contribution is 6.35. The van der Waals surface area contributed by atoms with Gasteiger partial charge in [-0.1, -0.05) is 67.8 Å². The number of nitrogens with zero attached hydrogens (tertiary/aromatic N) is 1. The predicted octanol–water partition coefficient (Wildman–Crippen LogP) is 6.13. The molecule has 2 rings (SSSR count). The highest BCUT2D eigenvalue weighted by Crippen LogP contribution is 2.35. The number of aliphatic imine (C=N–C) groups is 1. The predicted molar refractivity (Wildman–Crippen MR) is 117 cm³/mol. The Balaban J connectivity index is 2.52. The molecule has 0 bridgehead atoms. The van der Waals surface area contributed by atoms with E-state index >= 15 is 0 Å². The van der Waals surface area contributed by atoms with E-state index in [1.54, 1.807) is 31.3 Å². The highest BCUT2D eigenvalue weighted by Gasteiger charge is 2.27. The molecule has 1 atom stereocenters. The lowest BCUT2D eigenvalue weighted by Crippen LogP contribution is -2.31. The molecule has 0 heterocycles. The average Bonchev–Trinajstić information content (AvgIpc) is 2.66. The first kappa shape index (κ1) is 22.3. The molecule has 0 saturated carbocycles. The quantitative estimate of drug-likeness (QED) is 0.556. The normalized spacial score (nSPS) is 18.0. The minimum atomic E-state index is -0.606. The van der Waals surface area contributed by atoms with Gasteiger partial charge in [0.25, 0.3) is 0 Å². The van der Waals surface area contributed by atoms with E-state index in [1.165, 1.54) is 0 Å². The van der Waals surface area contributed by atoms with E-state index in [0.717, 1.165) is 24.8 Å². The molecule has 6 heteroatoms. The van der Waals surface area contributed by atoms with Crippen LogP contribution >= 0.6 is 23.2 Å². The number of benzene rings is 1. The summed E-state index contributed by atoms with van der Waals surface area (Å²) in [5.41, 5.74) is 2.56. The second kappa shape index (κ2) is 10.5. The van der Waals surface area contributed by atoms with Gasteiger partial charge in [-0.05, 0) is 36.1 Å². The molecule has 2 N–H and O–H groups in total. The molecule has 1 aliphatic rings. The van der Waals surface area contributed by atoms with Crippen molar-refractivity contribution < 1.29 is 9.90 Å². The summed E-state index contributed by atoms with van der Waals surface area (Å²) in [4.78, 5) is 16.7. The van der Waals surface area contributed by atoms with Crippen LogP contribution in [-0.4, -0.2) is 23.8 Å². The smallest absolute Gasteiger partial charge is 0.220 e. The topological polar surface area (TPSA) is 61.7 Å². The van der Waals surface area contributed by atoms with Crippen molar-refractivity contribution in [3.05, 3.63) is 68.9 Å². The van der Waals surface area contributed by atoms with Crippen molar-refractivity contribution in [2.75, 3.05) is 7.05 Å². The molecule has 28 heavy (non-hydrogen) atoms. The summed E-state index contributed by atoms with van der Waals surface area (Å²) in [7, 11) is 1.63. The Kier molecular flexibility index (Phi) is 8.34. The fraction of sp³-hybridized carbons (Fsp3) is 0.364. The Morgan fingerprint density at radius 2 is 2.04 bits per heavy atom. The summed E-state index contributed by atoms with van der Waals surface area (Å²) in [6.45, 7) is 4.05. The van der Waals surface area contributed by atoms with Crippen molar-refractivity contribution in [3.8, 4) is 0 Å². The van der Waals surface area contributed by atoms with Crippen LogP contribution in [0.4, 0.5) is 0 Å². The maximum Gasteiger partial charge on any atom is 0.220 e. The Bertz CT molecular complexity index is 854. The number of rotatable bonds is 7. The van der Waals surface area contributed by atoms with Crippen LogP contribution in [0.5, 0.6) is 0 Å². The van der Waals surface area contributed by atoms with Gasteiger partial charge in [0.2, 0.25) is 5.91 Å². The molecule has 150 valence electrons. The lowest BCUT2D eigenvalue weighted by Gasteiger charge is -2.25. The molecule has 0 aromatic heterocycles. The number of halogens is 2. The third kappa shape index (κ3) is 5.27. The largest absolute Gasteiger partial charge is 0.505 e. The number of carbonyl (C=O) groups excluding carboxylic acids is 1. The number of carbonyl (C=O) groups is 1. The lowest BCUT2D eigenvalue weighted by atomic mass is 9.89. The second-order valence-electron chi connectivity index (χ2n) is 6.55. The Labute approximate surface area is 176 Å². The molecular formula is C22H26Cl2N2O2. The van der Waals surface area contributed by atoms with Crippen LogP contribution in [0.15, 0.2) is 58.3 Å². The van der Waals surface area contributed by atoms with Gasteiger partial charge in [-0.15, -0.1) is 0 Å². The standard InChI is InChI=1S/C22H26Cl2N2O2/c1-4-6-8-19(27)26-21(16-12-10-15(23)13-18(16)24)17-11-9-14(7-5-2)20(25-3)22(17)28/h7,9-13,21,28H,4-6,8H2,1-3H3,(H,26,27)/b14-7-,25-20?. The number of aliphatic hydroxyl groups excluding tert-OH is 1. The van der Waals surface area contributed by atoms with Gasteiger partial charge in [0.05, 0.1) is 6.04 Å². The molecule has 0 aliphatic heterocycles. The van der Waals surface area contributed by atoms with E-state index in [-0.39, 0.29) is 11.7 Å². The van der Waals surface area contributed by atoms with Crippen LogP contribution in [0.1, 0.15) is 51.1 Å². The van der Waals surface area contributed by atoms with Crippen LogP contribution in [0, 0.1) is 0 Å². The van der Waals surface area contributed by atoms with Crippen LogP contribution in [0.3, 0.4) is 0 Å². The number of aliphatic hydroxyl groups is 1. The minimum Gasteiger partial charge on any atom is -0.505 e. The summed E-state index contributed by atoms with van der Waals surface area (Å²) in [5, 5.41) is 14.9. The summed E-state index contributed by atoms with van der Waals surface area (Å²) in [6.07, 6.45) is 8.64. The van der Waals surface area contributed by atoms with Crippen LogP contribution < -0.4 is 5.32 Å².